The average molecular weight is 260 g/mol. The van der Waals surface area contributed by atoms with Gasteiger partial charge in [-0.3, -0.25) is 4.79 Å². The van der Waals surface area contributed by atoms with Gasteiger partial charge in [-0.2, -0.15) is 0 Å². The number of aliphatic carboxylic acids is 1. The molecule has 0 saturated carbocycles. The molecule has 2 aromatic rings. The predicted molar refractivity (Wildman–Crippen MR) is 73.0 cm³/mol. The first-order valence-corrected chi connectivity index (χ1v) is 5.84. The number of ether oxygens (including phenoxy) is 1. The summed E-state index contributed by atoms with van der Waals surface area (Å²) in [5.41, 5.74) is 12.1. The molecule has 0 bridgehead atoms. The Bertz CT molecular complexity index is 613. The Hall–Kier alpha value is -2.11. The number of fused-ring (bicyclic) bond motifs is 1. The molecule has 0 aromatic heterocycles. The summed E-state index contributed by atoms with van der Waals surface area (Å²) in [6, 6.07) is 9.31. The van der Waals surface area contributed by atoms with E-state index < -0.39 is 18.1 Å². The van der Waals surface area contributed by atoms with Crippen molar-refractivity contribution in [2.45, 2.75) is 12.1 Å². The monoisotopic (exact) mass is 260 g/mol. The van der Waals surface area contributed by atoms with Gasteiger partial charge in [0.1, 0.15) is 11.8 Å². The highest BCUT2D eigenvalue weighted by Gasteiger charge is 2.22. The van der Waals surface area contributed by atoms with Crippen molar-refractivity contribution in [2.24, 2.45) is 11.5 Å². The van der Waals surface area contributed by atoms with Crippen LogP contribution >= 0.6 is 0 Å². The first-order chi connectivity index (χ1) is 9.02. The summed E-state index contributed by atoms with van der Waals surface area (Å²) in [4.78, 5) is 10.8. The second-order valence-corrected chi connectivity index (χ2v) is 4.36. The predicted octanol–water partition coefficient (Wildman–Crippen LogP) is 1.26. The minimum atomic E-state index is -1.12. The van der Waals surface area contributed by atoms with Crippen LogP contribution in [0, 0.1) is 0 Å². The van der Waals surface area contributed by atoms with Gasteiger partial charge in [-0.15, -0.1) is 0 Å². The van der Waals surface area contributed by atoms with Gasteiger partial charge < -0.3 is 21.3 Å². The second-order valence-electron chi connectivity index (χ2n) is 4.36. The highest BCUT2D eigenvalue weighted by molar-refractivity contribution is 5.85. The fraction of sp³-hybridized carbons (Fsp3) is 0.214. The Kier molecular flexibility index (Phi) is 3.69. The number of nitrogens with two attached hydrogens (primary N) is 2. The van der Waals surface area contributed by atoms with Crippen molar-refractivity contribution >= 4 is 16.7 Å². The van der Waals surface area contributed by atoms with E-state index >= 15 is 0 Å². The highest BCUT2D eigenvalue weighted by atomic mass is 16.5. The van der Waals surface area contributed by atoms with Gasteiger partial charge in [0.05, 0.1) is 13.2 Å². The molecule has 2 unspecified atom stereocenters. The zero-order valence-corrected chi connectivity index (χ0v) is 10.5. The molecule has 5 N–H and O–H groups in total. The molecule has 5 heteroatoms. The summed E-state index contributed by atoms with van der Waals surface area (Å²) < 4.78 is 5.15. The van der Waals surface area contributed by atoms with Crippen molar-refractivity contribution in [1.82, 2.24) is 0 Å². The number of carboxylic acids is 1. The van der Waals surface area contributed by atoms with Gasteiger partial charge in [0.15, 0.2) is 0 Å². The summed E-state index contributed by atoms with van der Waals surface area (Å²) in [5.74, 6) is -0.339. The Morgan fingerprint density at radius 2 is 1.79 bits per heavy atom. The van der Waals surface area contributed by atoms with E-state index in [0.29, 0.717) is 5.56 Å². The molecule has 0 aliphatic rings. The molecule has 0 fully saturated rings. The molecular formula is C14H16N2O3. The molecule has 0 heterocycles. The first-order valence-electron chi connectivity index (χ1n) is 5.84. The van der Waals surface area contributed by atoms with Crippen LogP contribution in [0.3, 0.4) is 0 Å². The van der Waals surface area contributed by atoms with Crippen LogP contribution in [0.4, 0.5) is 0 Å². The van der Waals surface area contributed by atoms with Gasteiger partial charge in [-0.05, 0) is 34.5 Å². The lowest BCUT2D eigenvalue weighted by Gasteiger charge is -2.17. The van der Waals surface area contributed by atoms with E-state index in [1.807, 2.05) is 30.3 Å². The number of rotatable bonds is 4. The summed E-state index contributed by atoms with van der Waals surface area (Å²) in [7, 11) is 1.61. The number of hydrogen-bond acceptors (Lipinski definition) is 4. The van der Waals surface area contributed by atoms with E-state index in [-0.39, 0.29) is 0 Å². The maximum atomic E-state index is 10.8. The molecule has 0 spiro atoms. The number of methoxy groups -OCH3 is 1. The summed E-state index contributed by atoms with van der Waals surface area (Å²) in [6.07, 6.45) is 0. The molecule has 0 aliphatic heterocycles. The van der Waals surface area contributed by atoms with Crippen LogP contribution in [0.25, 0.3) is 10.8 Å². The fourth-order valence-electron chi connectivity index (χ4n) is 1.94. The van der Waals surface area contributed by atoms with E-state index in [2.05, 4.69) is 0 Å². The first kappa shape index (κ1) is 13.3. The van der Waals surface area contributed by atoms with E-state index in [9.17, 15) is 4.79 Å². The van der Waals surface area contributed by atoms with Gasteiger partial charge in [-0.1, -0.05) is 18.2 Å². The number of hydrogen-bond donors (Lipinski definition) is 3. The SMILES string of the molecule is COc1ccc2cc(C(N)C(N)C(=O)O)ccc2c1. The van der Waals surface area contributed by atoms with Crippen LogP contribution in [0.1, 0.15) is 11.6 Å². The smallest absolute Gasteiger partial charge is 0.322 e. The zero-order valence-electron chi connectivity index (χ0n) is 10.5. The molecule has 0 aliphatic carbocycles. The van der Waals surface area contributed by atoms with Crippen LogP contribution in [0.15, 0.2) is 36.4 Å². The Labute approximate surface area is 110 Å². The number of carboxylic acid groups (broad SMARTS) is 1. The molecule has 100 valence electrons. The normalized spacial score (nSPS) is 14.1. The number of benzene rings is 2. The third-order valence-electron chi connectivity index (χ3n) is 3.13. The van der Waals surface area contributed by atoms with Crippen molar-refractivity contribution < 1.29 is 14.6 Å². The molecule has 0 amide bonds. The van der Waals surface area contributed by atoms with Gasteiger partial charge >= 0.3 is 5.97 Å². The van der Waals surface area contributed by atoms with Gasteiger partial charge in [0.25, 0.3) is 0 Å². The maximum absolute atomic E-state index is 10.8. The molecule has 5 nitrogen and oxygen atoms in total. The molecule has 2 aromatic carbocycles. The Morgan fingerprint density at radius 3 is 2.42 bits per heavy atom. The third kappa shape index (κ3) is 2.67. The van der Waals surface area contributed by atoms with Crippen LogP contribution in [-0.4, -0.2) is 24.2 Å². The number of carbonyl (C=O) groups is 1. The van der Waals surface area contributed by atoms with E-state index in [1.54, 1.807) is 13.2 Å². The molecule has 2 atom stereocenters. The van der Waals surface area contributed by atoms with E-state index in [0.717, 1.165) is 16.5 Å². The van der Waals surface area contributed by atoms with Gasteiger partial charge in [-0.25, -0.2) is 0 Å². The fourth-order valence-corrected chi connectivity index (χ4v) is 1.94. The topological polar surface area (TPSA) is 98.6 Å². The van der Waals surface area contributed by atoms with Crippen LogP contribution in [-0.2, 0) is 4.79 Å². The van der Waals surface area contributed by atoms with E-state index in [4.69, 9.17) is 21.3 Å². The third-order valence-corrected chi connectivity index (χ3v) is 3.13. The minimum absolute atomic E-state index is 0.701. The standard InChI is InChI=1S/C14H16N2O3/c1-19-11-5-4-8-6-10(3-2-9(8)7-11)12(15)13(16)14(17)18/h2-7,12-13H,15-16H2,1H3,(H,17,18). The zero-order chi connectivity index (χ0) is 14.0. The van der Waals surface area contributed by atoms with Crippen molar-refractivity contribution in [3.8, 4) is 5.75 Å². The van der Waals surface area contributed by atoms with Gasteiger partial charge in [0.2, 0.25) is 0 Å². The lowest BCUT2D eigenvalue weighted by Crippen LogP contribution is -2.40. The molecule has 0 radical (unpaired) electrons. The van der Waals surface area contributed by atoms with Crippen molar-refractivity contribution in [1.29, 1.82) is 0 Å². The van der Waals surface area contributed by atoms with Crippen LogP contribution in [0.2, 0.25) is 0 Å². The molecule has 2 rings (SSSR count). The quantitative estimate of drug-likeness (QED) is 0.768. The van der Waals surface area contributed by atoms with E-state index in [1.165, 1.54) is 0 Å². The van der Waals surface area contributed by atoms with Crippen molar-refractivity contribution in [2.75, 3.05) is 7.11 Å². The summed E-state index contributed by atoms with van der Waals surface area (Å²) in [5, 5.41) is 10.8. The largest absolute Gasteiger partial charge is 0.497 e. The lowest BCUT2D eigenvalue weighted by molar-refractivity contribution is -0.139. The van der Waals surface area contributed by atoms with Crippen molar-refractivity contribution in [3.63, 3.8) is 0 Å². The molecular weight excluding hydrogens is 244 g/mol. The minimum Gasteiger partial charge on any atom is -0.497 e. The summed E-state index contributed by atoms with van der Waals surface area (Å²) in [6.45, 7) is 0. The van der Waals surface area contributed by atoms with Crippen LogP contribution < -0.4 is 16.2 Å². The van der Waals surface area contributed by atoms with Crippen molar-refractivity contribution in [3.05, 3.63) is 42.0 Å². The average Bonchev–Trinajstić information content (AvgIpc) is 2.44. The second kappa shape index (κ2) is 5.26. The summed E-state index contributed by atoms with van der Waals surface area (Å²) >= 11 is 0. The lowest BCUT2D eigenvalue weighted by atomic mass is 9.98. The van der Waals surface area contributed by atoms with Gasteiger partial charge in [0, 0.05) is 0 Å². The van der Waals surface area contributed by atoms with Crippen LogP contribution in [0.5, 0.6) is 5.75 Å². The maximum Gasteiger partial charge on any atom is 0.322 e. The Morgan fingerprint density at radius 1 is 1.16 bits per heavy atom. The molecule has 0 saturated heterocycles. The highest BCUT2D eigenvalue weighted by Crippen LogP contribution is 2.24. The Balaban J connectivity index is 2.39. The molecule has 19 heavy (non-hydrogen) atoms.